The summed E-state index contributed by atoms with van der Waals surface area (Å²) in [5, 5.41) is 19.5. The Balaban J connectivity index is 2.11. The molecule has 5 heteroatoms. The van der Waals surface area contributed by atoms with Crippen molar-refractivity contribution in [3.63, 3.8) is 0 Å². The molecule has 0 amide bonds. The number of hydrogen-bond acceptors (Lipinski definition) is 3. The second-order valence-corrected chi connectivity index (χ2v) is 4.82. The van der Waals surface area contributed by atoms with Crippen molar-refractivity contribution in [1.82, 2.24) is 0 Å². The van der Waals surface area contributed by atoms with E-state index in [1.165, 1.54) is 0 Å². The molecule has 88 valence electrons. The van der Waals surface area contributed by atoms with Crippen molar-refractivity contribution in [2.24, 2.45) is 5.41 Å². The van der Waals surface area contributed by atoms with Gasteiger partial charge in [0.05, 0.1) is 19.8 Å². The van der Waals surface area contributed by atoms with E-state index in [1.807, 2.05) is 0 Å². The van der Waals surface area contributed by atoms with E-state index in [9.17, 15) is 19.0 Å². The first-order chi connectivity index (χ1) is 6.93. The summed E-state index contributed by atoms with van der Waals surface area (Å²) >= 11 is 0. The minimum Gasteiger partial charge on any atom is -0.396 e. The molecule has 2 fully saturated rings. The third-order valence-electron chi connectivity index (χ3n) is 3.91. The molecule has 1 saturated heterocycles. The third-order valence-corrected chi connectivity index (χ3v) is 3.91. The molecule has 15 heavy (non-hydrogen) atoms. The van der Waals surface area contributed by atoms with Crippen molar-refractivity contribution in [1.29, 1.82) is 0 Å². The largest absolute Gasteiger partial charge is 0.396 e. The van der Waals surface area contributed by atoms with Crippen LogP contribution in [0, 0.1) is 5.41 Å². The van der Waals surface area contributed by atoms with Crippen molar-refractivity contribution < 1.29 is 23.7 Å². The molecule has 1 aliphatic carbocycles. The van der Waals surface area contributed by atoms with Gasteiger partial charge in [0.25, 0.3) is 0 Å². The van der Waals surface area contributed by atoms with Gasteiger partial charge in [0.2, 0.25) is 5.92 Å². The Morgan fingerprint density at radius 3 is 1.93 bits per heavy atom. The summed E-state index contributed by atoms with van der Waals surface area (Å²) in [4.78, 5) is 0. The lowest BCUT2D eigenvalue weighted by Gasteiger charge is -2.53. The van der Waals surface area contributed by atoms with Crippen molar-refractivity contribution in [2.45, 2.75) is 37.2 Å². The predicted octanol–water partition coefficient (Wildman–Crippen LogP) is 0.936. The second kappa shape index (κ2) is 3.37. The molecule has 0 spiro atoms. The summed E-state index contributed by atoms with van der Waals surface area (Å²) in [6.07, 6.45) is -0.182. The molecule has 1 heterocycles. The third kappa shape index (κ3) is 1.66. The SMILES string of the molecule is OCC1(C2(O)COC2)CCC(F)(F)CC1. The first kappa shape index (κ1) is 11.2. The van der Waals surface area contributed by atoms with Crippen molar-refractivity contribution >= 4 is 0 Å². The van der Waals surface area contributed by atoms with Gasteiger partial charge in [-0.1, -0.05) is 0 Å². The maximum Gasteiger partial charge on any atom is 0.248 e. The number of halogens is 2. The summed E-state index contributed by atoms with van der Waals surface area (Å²) in [7, 11) is 0. The van der Waals surface area contributed by atoms with Crippen molar-refractivity contribution in [2.75, 3.05) is 19.8 Å². The van der Waals surface area contributed by atoms with Gasteiger partial charge in [0, 0.05) is 18.3 Å². The lowest BCUT2D eigenvalue weighted by atomic mass is 9.62. The van der Waals surface area contributed by atoms with Gasteiger partial charge < -0.3 is 14.9 Å². The average molecular weight is 222 g/mol. The van der Waals surface area contributed by atoms with Crippen LogP contribution in [0.15, 0.2) is 0 Å². The molecule has 2 aliphatic rings. The fraction of sp³-hybridized carbons (Fsp3) is 1.00. The Bertz CT molecular complexity index is 241. The highest BCUT2D eigenvalue weighted by Crippen LogP contribution is 2.51. The topological polar surface area (TPSA) is 49.7 Å². The van der Waals surface area contributed by atoms with Crippen LogP contribution in [0.1, 0.15) is 25.7 Å². The highest BCUT2D eigenvalue weighted by Gasteiger charge is 2.58. The van der Waals surface area contributed by atoms with E-state index in [2.05, 4.69) is 0 Å². The van der Waals surface area contributed by atoms with Gasteiger partial charge in [0.1, 0.15) is 5.60 Å². The Morgan fingerprint density at radius 1 is 1.07 bits per heavy atom. The van der Waals surface area contributed by atoms with Crippen molar-refractivity contribution in [3.8, 4) is 0 Å². The van der Waals surface area contributed by atoms with Crippen LogP contribution in [0.5, 0.6) is 0 Å². The first-order valence-electron chi connectivity index (χ1n) is 5.22. The van der Waals surface area contributed by atoms with Crippen LogP contribution >= 0.6 is 0 Å². The lowest BCUT2D eigenvalue weighted by molar-refractivity contribution is -0.267. The van der Waals surface area contributed by atoms with Crippen LogP contribution in [0.25, 0.3) is 0 Å². The second-order valence-electron chi connectivity index (χ2n) is 4.82. The molecule has 0 unspecified atom stereocenters. The van der Waals surface area contributed by atoms with Crippen LogP contribution in [0.2, 0.25) is 0 Å². The minimum absolute atomic E-state index is 0.152. The molecule has 2 rings (SSSR count). The first-order valence-corrected chi connectivity index (χ1v) is 5.22. The number of rotatable bonds is 2. The van der Waals surface area contributed by atoms with E-state index in [1.54, 1.807) is 0 Å². The molecule has 0 bridgehead atoms. The van der Waals surface area contributed by atoms with E-state index in [0.717, 1.165) is 0 Å². The quantitative estimate of drug-likeness (QED) is 0.731. The fourth-order valence-corrected chi connectivity index (χ4v) is 2.47. The minimum atomic E-state index is -2.64. The zero-order valence-electron chi connectivity index (χ0n) is 8.51. The standard InChI is InChI=1S/C10H16F2O3/c11-10(12)3-1-8(5-13,2-4-10)9(14)6-15-7-9/h13-14H,1-7H2. The smallest absolute Gasteiger partial charge is 0.248 e. The summed E-state index contributed by atoms with van der Waals surface area (Å²) < 4.78 is 30.9. The zero-order chi connectivity index (χ0) is 11.2. The average Bonchev–Trinajstić information content (AvgIpc) is 2.15. The monoisotopic (exact) mass is 222 g/mol. The molecular formula is C10H16F2O3. The summed E-state index contributed by atoms with van der Waals surface area (Å²) in [6.45, 7) is 0.0567. The van der Waals surface area contributed by atoms with E-state index in [0.29, 0.717) is 0 Å². The Morgan fingerprint density at radius 2 is 1.60 bits per heavy atom. The van der Waals surface area contributed by atoms with Gasteiger partial charge in [-0.05, 0) is 12.8 Å². The molecule has 0 atom stereocenters. The number of aliphatic hydroxyl groups excluding tert-OH is 1. The van der Waals surface area contributed by atoms with Gasteiger partial charge in [-0.15, -0.1) is 0 Å². The van der Waals surface area contributed by atoms with E-state index in [4.69, 9.17) is 4.74 Å². The van der Waals surface area contributed by atoms with E-state index >= 15 is 0 Å². The Hall–Kier alpha value is -0.260. The molecule has 3 nitrogen and oxygen atoms in total. The van der Waals surface area contributed by atoms with Crippen LogP contribution in [0.4, 0.5) is 8.78 Å². The van der Waals surface area contributed by atoms with E-state index in [-0.39, 0.29) is 45.5 Å². The molecule has 0 radical (unpaired) electrons. The molecule has 1 aliphatic heterocycles. The molecule has 2 N–H and O–H groups in total. The van der Waals surface area contributed by atoms with Crippen LogP contribution < -0.4 is 0 Å². The summed E-state index contributed by atoms with van der Waals surface area (Å²) in [5.74, 6) is -2.64. The van der Waals surface area contributed by atoms with Crippen molar-refractivity contribution in [3.05, 3.63) is 0 Å². The maximum absolute atomic E-state index is 13.0. The van der Waals surface area contributed by atoms with Gasteiger partial charge in [-0.3, -0.25) is 0 Å². The summed E-state index contributed by atoms with van der Waals surface area (Å²) in [5.41, 5.74) is -1.88. The molecule has 0 aromatic heterocycles. The molecule has 0 aromatic carbocycles. The lowest BCUT2D eigenvalue weighted by Crippen LogP contribution is -2.64. The van der Waals surface area contributed by atoms with E-state index < -0.39 is 16.9 Å². The van der Waals surface area contributed by atoms with Crippen LogP contribution in [-0.4, -0.2) is 41.6 Å². The van der Waals surface area contributed by atoms with Crippen LogP contribution in [0.3, 0.4) is 0 Å². The van der Waals surface area contributed by atoms with Gasteiger partial charge in [-0.25, -0.2) is 8.78 Å². The van der Waals surface area contributed by atoms with Crippen LogP contribution in [-0.2, 0) is 4.74 Å². The molecule has 1 saturated carbocycles. The molecular weight excluding hydrogens is 206 g/mol. The highest BCUT2D eigenvalue weighted by molar-refractivity contribution is 5.05. The highest BCUT2D eigenvalue weighted by atomic mass is 19.3. The number of hydrogen-bond donors (Lipinski definition) is 2. The zero-order valence-corrected chi connectivity index (χ0v) is 8.51. The Labute approximate surface area is 87.0 Å². The fourth-order valence-electron chi connectivity index (χ4n) is 2.47. The van der Waals surface area contributed by atoms with Gasteiger partial charge in [-0.2, -0.15) is 0 Å². The number of aliphatic hydroxyl groups is 2. The van der Waals surface area contributed by atoms with Gasteiger partial charge in [0.15, 0.2) is 0 Å². The maximum atomic E-state index is 13.0. The normalized spacial score (nSPS) is 32.0. The predicted molar refractivity (Wildman–Crippen MR) is 48.7 cm³/mol. The van der Waals surface area contributed by atoms with Gasteiger partial charge >= 0.3 is 0 Å². The molecule has 0 aromatic rings. The number of alkyl halides is 2. The number of ether oxygens (including phenoxy) is 1. The Kier molecular flexibility index (Phi) is 2.52. The summed E-state index contributed by atoms with van der Waals surface area (Å²) in [6, 6.07) is 0.